The largest absolute Gasteiger partial charge is 0.453 e. The van der Waals surface area contributed by atoms with E-state index in [0.717, 1.165) is 0 Å². The van der Waals surface area contributed by atoms with E-state index in [1.54, 1.807) is 6.26 Å². The number of hydrogen-bond donors (Lipinski definition) is 1. The van der Waals surface area contributed by atoms with Gasteiger partial charge < -0.3 is 0 Å². The van der Waals surface area contributed by atoms with Crippen molar-refractivity contribution in [3.63, 3.8) is 0 Å². The molecule has 0 aromatic rings. The van der Waals surface area contributed by atoms with Gasteiger partial charge in [-0.05, 0) is 18.0 Å². The van der Waals surface area contributed by atoms with Crippen molar-refractivity contribution >= 4 is 16.9 Å². The molecule has 32 valence electrons. The minimum atomic E-state index is 0.162. The maximum absolute atomic E-state index is 6.66. The zero-order valence-corrected chi connectivity index (χ0v) is 4.25. The van der Waals surface area contributed by atoms with Crippen LogP contribution in [0.1, 0.15) is 0 Å². The summed E-state index contributed by atoms with van der Waals surface area (Å²) in [7, 11) is 0. The molecule has 0 fully saturated rings. The third-order valence-corrected chi connectivity index (χ3v) is 0.803. The Morgan fingerprint density at radius 3 is 2.50 bits per heavy atom. The molecule has 6 heavy (non-hydrogen) atoms. The zero-order valence-electron chi connectivity index (χ0n) is 3.43. The molecule has 0 bridgehead atoms. The van der Waals surface area contributed by atoms with Gasteiger partial charge in [-0.2, -0.15) is 4.85 Å². The second-order valence-corrected chi connectivity index (χ2v) is 1.43. The average molecular weight is 101 g/mol. The Hall–Kier alpha value is -0.490. The van der Waals surface area contributed by atoms with Gasteiger partial charge >= 0.3 is 5.17 Å². The fourth-order valence-electron chi connectivity index (χ4n) is 0.0527. The highest BCUT2D eigenvalue weighted by atomic mass is 32.2. The van der Waals surface area contributed by atoms with Crippen molar-refractivity contribution in [2.45, 2.75) is 0 Å². The van der Waals surface area contributed by atoms with E-state index in [0.29, 0.717) is 0 Å². The van der Waals surface area contributed by atoms with Crippen LogP contribution in [0, 0.1) is 12.0 Å². The van der Waals surface area contributed by atoms with Gasteiger partial charge in [-0.1, -0.05) is 5.41 Å². The summed E-state index contributed by atoms with van der Waals surface area (Å²) < 4.78 is 0. The van der Waals surface area contributed by atoms with Crippen molar-refractivity contribution < 1.29 is 0 Å². The molecule has 0 aliphatic rings. The lowest BCUT2D eigenvalue weighted by Crippen LogP contribution is -1.70. The quantitative estimate of drug-likeness (QED) is 0.361. The summed E-state index contributed by atoms with van der Waals surface area (Å²) in [4.78, 5) is 3.05. The number of amidine groups is 1. The second kappa shape index (κ2) is 2.73. The molecule has 0 radical (unpaired) electrons. The molecule has 0 atom stereocenters. The maximum Gasteiger partial charge on any atom is 0.453 e. The molecule has 0 amide bonds. The summed E-state index contributed by atoms with van der Waals surface area (Å²) in [5.41, 5.74) is 0. The van der Waals surface area contributed by atoms with Crippen LogP contribution in [0.4, 0.5) is 0 Å². The maximum atomic E-state index is 6.66. The van der Waals surface area contributed by atoms with E-state index in [4.69, 9.17) is 5.41 Å². The molecule has 0 saturated carbocycles. The minimum Gasteiger partial charge on any atom is -0.151 e. The molecule has 0 saturated heterocycles. The Bertz CT molecular complexity index is 91.5. The van der Waals surface area contributed by atoms with E-state index in [1.165, 1.54) is 11.8 Å². The van der Waals surface area contributed by atoms with Gasteiger partial charge in [0.25, 0.3) is 0 Å². The lowest BCUT2D eigenvalue weighted by Gasteiger charge is -1.63. The Labute approximate surface area is 40.9 Å². The van der Waals surface area contributed by atoms with Crippen LogP contribution >= 0.6 is 11.8 Å². The number of nitrogens with zero attached hydrogens (tertiary/aromatic N) is 1. The molecule has 2 nitrogen and oxygen atoms in total. The Morgan fingerprint density at radius 2 is 2.50 bits per heavy atom. The van der Waals surface area contributed by atoms with E-state index in [2.05, 4.69) is 11.4 Å². The summed E-state index contributed by atoms with van der Waals surface area (Å²) in [6.45, 7) is 4.66. The van der Waals surface area contributed by atoms with Crippen molar-refractivity contribution in [1.29, 1.82) is 5.41 Å². The van der Waals surface area contributed by atoms with Gasteiger partial charge in [-0.3, -0.25) is 0 Å². The molecule has 0 rings (SSSR count). The molecule has 0 aromatic carbocycles. The molecule has 0 aromatic heterocycles. The van der Waals surface area contributed by atoms with Gasteiger partial charge in [0, 0.05) is 0 Å². The number of nitrogens with one attached hydrogen (secondary N) is 1. The molecule has 0 spiro atoms. The lowest BCUT2D eigenvalue weighted by atomic mass is 11.3. The molecular formula is C3H5N2S+. The summed E-state index contributed by atoms with van der Waals surface area (Å²) in [5, 5.41) is 6.82. The van der Waals surface area contributed by atoms with Gasteiger partial charge in [0.05, 0.1) is 0 Å². The van der Waals surface area contributed by atoms with E-state index in [-0.39, 0.29) is 5.17 Å². The third kappa shape index (κ3) is 1.79. The molecule has 0 heterocycles. The number of hydrogen-bond acceptors (Lipinski definition) is 2. The van der Waals surface area contributed by atoms with Crippen molar-refractivity contribution in [1.82, 2.24) is 0 Å². The monoisotopic (exact) mass is 101 g/mol. The first-order chi connectivity index (χ1) is 2.81. The smallest absolute Gasteiger partial charge is 0.151 e. The molecule has 0 aliphatic heterocycles. The van der Waals surface area contributed by atoms with Crippen molar-refractivity contribution in [2.24, 2.45) is 0 Å². The van der Waals surface area contributed by atoms with Gasteiger partial charge in [-0.25, -0.2) is 0 Å². The van der Waals surface area contributed by atoms with E-state index in [1.807, 2.05) is 0 Å². The van der Waals surface area contributed by atoms with Gasteiger partial charge in [-0.15, -0.1) is 0 Å². The lowest BCUT2D eigenvalue weighted by molar-refractivity contribution is 1.57. The Balaban J connectivity index is 3.33. The van der Waals surface area contributed by atoms with Crippen LogP contribution in [0.25, 0.3) is 4.85 Å². The van der Waals surface area contributed by atoms with Crippen molar-refractivity contribution in [3.8, 4) is 6.57 Å². The third-order valence-electron chi connectivity index (χ3n) is 0.311. The highest BCUT2D eigenvalue weighted by Gasteiger charge is 1.93. The average Bonchev–Trinajstić information content (AvgIpc) is 1.65. The van der Waals surface area contributed by atoms with Crippen LogP contribution in [0.2, 0.25) is 0 Å². The summed E-state index contributed by atoms with van der Waals surface area (Å²) in [6, 6.07) is 0. The normalized spacial score (nSPS) is 6.67. The van der Waals surface area contributed by atoms with E-state index < -0.39 is 0 Å². The predicted octanol–water partition coefficient (Wildman–Crippen LogP) is 1.25. The highest BCUT2D eigenvalue weighted by molar-refractivity contribution is 8.13. The second-order valence-electron chi connectivity index (χ2n) is 0.638. The van der Waals surface area contributed by atoms with Gasteiger partial charge in [0.1, 0.15) is 6.57 Å². The molecule has 0 unspecified atom stereocenters. The Kier molecular flexibility index (Phi) is 2.51. The SMILES string of the molecule is C#[N+]C(=N)SC. The first-order valence-electron chi connectivity index (χ1n) is 1.34. The molecule has 0 aliphatic carbocycles. The number of thioether (sulfide) groups is 1. The van der Waals surface area contributed by atoms with Crippen molar-refractivity contribution in [3.05, 3.63) is 4.85 Å². The summed E-state index contributed by atoms with van der Waals surface area (Å²) in [6.07, 6.45) is 1.75. The number of rotatable bonds is 0. The van der Waals surface area contributed by atoms with Crippen LogP contribution < -0.4 is 0 Å². The molecule has 1 N–H and O–H groups in total. The van der Waals surface area contributed by atoms with Crippen LogP contribution in [-0.2, 0) is 0 Å². The van der Waals surface area contributed by atoms with E-state index in [9.17, 15) is 0 Å². The topological polar surface area (TPSA) is 28.2 Å². The first kappa shape index (κ1) is 5.51. The highest BCUT2D eigenvalue weighted by Crippen LogP contribution is 1.92. The minimum absolute atomic E-state index is 0.162. The fraction of sp³-hybridized carbons (Fsp3) is 0.333. The van der Waals surface area contributed by atoms with Crippen LogP contribution in [0.5, 0.6) is 0 Å². The van der Waals surface area contributed by atoms with Crippen LogP contribution in [0.3, 0.4) is 0 Å². The summed E-state index contributed by atoms with van der Waals surface area (Å²) >= 11 is 1.22. The predicted molar refractivity (Wildman–Crippen MR) is 29.5 cm³/mol. The van der Waals surface area contributed by atoms with Gasteiger partial charge in [0.2, 0.25) is 0 Å². The molecular weight excluding hydrogens is 96.1 g/mol. The Morgan fingerprint density at radius 1 is 2.00 bits per heavy atom. The fourth-order valence-corrected chi connectivity index (χ4v) is 0.158. The zero-order chi connectivity index (χ0) is 4.99. The van der Waals surface area contributed by atoms with Crippen LogP contribution in [-0.4, -0.2) is 11.4 Å². The van der Waals surface area contributed by atoms with E-state index >= 15 is 0 Å². The summed E-state index contributed by atoms with van der Waals surface area (Å²) in [5.74, 6) is 0. The van der Waals surface area contributed by atoms with Crippen LogP contribution in [0.15, 0.2) is 0 Å². The van der Waals surface area contributed by atoms with Gasteiger partial charge in [0.15, 0.2) is 0 Å². The standard InChI is InChI=1S/C3H5N2S/c1-5-3(4)6-2/h1,4H,2H3/q+1. The first-order valence-corrected chi connectivity index (χ1v) is 2.57. The van der Waals surface area contributed by atoms with Crippen molar-refractivity contribution in [2.75, 3.05) is 6.26 Å². The molecule has 3 heteroatoms.